The van der Waals surface area contributed by atoms with Crippen LogP contribution in [0.1, 0.15) is 17.7 Å². The first kappa shape index (κ1) is 13.8. The van der Waals surface area contributed by atoms with Crippen LogP contribution in [0.4, 0.5) is 0 Å². The highest BCUT2D eigenvalue weighted by molar-refractivity contribution is 9.11. The van der Waals surface area contributed by atoms with E-state index in [9.17, 15) is 9.90 Å². The third-order valence-electron chi connectivity index (χ3n) is 3.10. The quantitative estimate of drug-likeness (QED) is 0.863. The number of aliphatic hydroxyl groups excluding tert-OH is 1. The molecule has 1 N–H and O–H groups in total. The minimum absolute atomic E-state index is 0.0147. The SMILES string of the molecule is CN(CC1CC(O)C1)C(=O)C=Cc1ccc(Br)s1. The van der Waals surface area contributed by atoms with Gasteiger partial charge in [0.2, 0.25) is 5.91 Å². The first-order valence-corrected chi connectivity index (χ1v) is 7.52. The predicted octanol–water partition coefficient (Wildman–Crippen LogP) is 2.75. The molecule has 1 aliphatic rings. The van der Waals surface area contributed by atoms with Crippen molar-refractivity contribution in [1.29, 1.82) is 0 Å². The lowest BCUT2D eigenvalue weighted by Crippen LogP contribution is -2.38. The lowest BCUT2D eigenvalue weighted by molar-refractivity contribution is -0.126. The van der Waals surface area contributed by atoms with Crippen molar-refractivity contribution in [2.24, 2.45) is 5.92 Å². The highest BCUT2D eigenvalue weighted by atomic mass is 79.9. The van der Waals surface area contributed by atoms with Crippen molar-refractivity contribution in [3.63, 3.8) is 0 Å². The Morgan fingerprint density at radius 2 is 2.33 bits per heavy atom. The van der Waals surface area contributed by atoms with Crippen molar-refractivity contribution in [3.05, 3.63) is 26.9 Å². The second-order valence-electron chi connectivity index (χ2n) is 4.69. The molecule has 0 unspecified atom stereocenters. The molecule has 98 valence electrons. The summed E-state index contributed by atoms with van der Waals surface area (Å²) in [4.78, 5) is 14.6. The molecule has 1 aromatic heterocycles. The van der Waals surface area contributed by atoms with Gasteiger partial charge in [0.1, 0.15) is 0 Å². The highest BCUT2D eigenvalue weighted by Gasteiger charge is 2.28. The van der Waals surface area contributed by atoms with Crippen molar-refractivity contribution in [3.8, 4) is 0 Å². The van der Waals surface area contributed by atoms with Crippen LogP contribution in [-0.2, 0) is 4.79 Å². The predicted molar refractivity (Wildman–Crippen MR) is 77.4 cm³/mol. The molecule has 1 heterocycles. The first-order chi connectivity index (χ1) is 8.54. The summed E-state index contributed by atoms with van der Waals surface area (Å²) >= 11 is 4.99. The Morgan fingerprint density at radius 1 is 1.61 bits per heavy atom. The first-order valence-electron chi connectivity index (χ1n) is 5.91. The molecule has 0 spiro atoms. The van der Waals surface area contributed by atoms with E-state index in [-0.39, 0.29) is 12.0 Å². The summed E-state index contributed by atoms with van der Waals surface area (Å²) in [6.45, 7) is 0.731. The lowest BCUT2D eigenvalue weighted by atomic mass is 9.82. The molecule has 1 aromatic rings. The van der Waals surface area contributed by atoms with E-state index >= 15 is 0 Å². The summed E-state index contributed by atoms with van der Waals surface area (Å²) < 4.78 is 1.06. The molecule has 0 aliphatic heterocycles. The largest absolute Gasteiger partial charge is 0.393 e. The third-order valence-corrected chi connectivity index (χ3v) is 4.69. The summed E-state index contributed by atoms with van der Waals surface area (Å²) in [5.41, 5.74) is 0. The maximum Gasteiger partial charge on any atom is 0.246 e. The molecule has 0 atom stereocenters. The van der Waals surface area contributed by atoms with E-state index in [0.717, 1.165) is 28.0 Å². The highest BCUT2D eigenvalue weighted by Crippen LogP contribution is 2.27. The average Bonchev–Trinajstić information content (AvgIpc) is 2.69. The molecule has 1 amide bonds. The number of hydrogen-bond donors (Lipinski definition) is 1. The van der Waals surface area contributed by atoms with Gasteiger partial charge in [0.25, 0.3) is 0 Å². The zero-order valence-corrected chi connectivity index (χ0v) is 12.6. The molecule has 1 aliphatic carbocycles. The van der Waals surface area contributed by atoms with Gasteiger partial charge < -0.3 is 10.0 Å². The fourth-order valence-electron chi connectivity index (χ4n) is 2.03. The van der Waals surface area contributed by atoms with Crippen LogP contribution in [0.15, 0.2) is 22.0 Å². The maximum absolute atomic E-state index is 11.8. The number of thiophene rings is 1. The minimum atomic E-state index is -0.155. The summed E-state index contributed by atoms with van der Waals surface area (Å²) in [6, 6.07) is 3.94. The Hall–Kier alpha value is -0.650. The molecule has 0 saturated heterocycles. The number of rotatable bonds is 4. The van der Waals surface area contributed by atoms with Gasteiger partial charge in [0.15, 0.2) is 0 Å². The zero-order valence-electron chi connectivity index (χ0n) is 10.2. The number of carbonyl (C=O) groups excluding carboxylic acids is 1. The lowest BCUT2D eigenvalue weighted by Gasteiger charge is -2.34. The van der Waals surface area contributed by atoms with Gasteiger partial charge in [-0.1, -0.05) is 0 Å². The molecular weight excluding hydrogens is 314 g/mol. The van der Waals surface area contributed by atoms with Gasteiger partial charge in [-0.2, -0.15) is 0 Å². The monoisotopic (exact) mass is 329 g/mol. The number of likely N-dealkylation sites (N-methyl/N-ethyl adjacent to an activating group) is 1. The van der Waals surface area contributed by atoms with Crippen molar-refractivity contribution < 1.29 is 9.90 Å². The summed E-state index contributed by atoms with van der Waals surface area (Å²) in [7, 11) is 1.81. The molecule has 1 saturated carbocycles. The van der Waals surface area contributed by atoms with Crippen LogP contribution in [-0.4, -0.2) is 35.6 Å². The van der Waals surface area contributed by atoms with Crippen LogP contribution in [0.25, 0.3) is 6.08 Å². The fraction of sp³-hybridized carbons (Fsp3) is 0.462. The normalized spacial score (nSPS) is 23.1. The van der Waals surface area contributed by atoms with E-state index in [1.165, 1.54) is 0 Å². The van der Waals surface area contributed by atoms with E-state index in [1.807, 2.05) is 25.3 Å². The summed E-state index contributed by atoms with van der Waals surface area (Å²) in [6.07, 6.45) is 4.92. The van der Waals surface area contributed by atoms with Gasteiger partial charge in [-0.3, -0.25) is 4.79 Å². The van der Waals surface area contributed by atoms with Crippen LogP contribution in [0, 0.1) is 5.92 Å². The maximum atomic E-state index is 11.8. The Balaban J connectivity index is 1.81. The van der Waals surface area contributed by atoms with E-state index in [2.05, 4.69) is 15.9 Å². The molecule has 0 bridgehead atoms. The molecule has 3 nitrogen and oxygen atoms in total. The van der Waals surface area contributed by atoms with E-state index in [4.69, 9.17) is 0 Å². The van der Waals surface area contributed by atoms with Crippen molar-refractivity contribution in [2.75, 3.05) is 13.6 Å². The number of halogens is 1. The van der Waals surface area contributed by atoms with Gasteiger partial charge in [-0.25, -0.2) is 0 Å². The topological polar surface area (TPSA) is 40.5 Å². The Bertz CT molecular complexity index is 452. The summed E-state index contributed by atoms with van der Waals surface area (Å²) in [5, 5.41) is 9.20. The van der Waals surface area contributed by atoms with Crippen molar-refractivity contribution in [2.45, 2.75) is 18.9 Å². The van der Waals surface area contributed by atoms with E-state index in [1.54, 1.807) is 22.3 Å². The fourth-order valence-corrected chi connectivity index (χ4v) is 3.35. The van der Waals surface area contributed by atoms with Gasteiger partial charge in [0, 0.05) is 24.5 Å². The average molecular weight is 330 g/mol. The van der Waals surface area contributed by atoms with Gasteiger partial charge in [-0.15, -0.1) is 11.3 Å². The van der Waals surface area contributed by atoms with Gasteiger partial charge >= 0.3 is 0 Å². The standard InChI is InChI=1S/C13H16BrNO2S/c1-15(8-9-6-10(16)7-9)13(17)5-3-11-2-4-12(14)18-11/h2-5,9-10,16H,6-8H2,1H3. The molecule has 5 heteroatoms. The van der Waals surface area contributed by atoms with Crippen LogP contribution in [0.2, 0.25) is 0 Å². The van der Waals surface area contributed by atoms with Crippen molar-refractivity contribution >= 4 is 39.2 Å². The van der Waals surface area contributed by atoms with E-state index < -0.39 is 0 Å². The van der Waals surface area contributed by atoms with Gasteiger partial charge in [0.05, 0.1) is 9.89 Å². The molecule has 18 heavy (non-hydrogen) atoms. The van der Waals surface area contributed by atoms with Crippen LogP contribution in [0.3, 0.4) is 0 Å². The zero-order chi connectivity index (χ0) is 13.1. The number of carbonyl (C=O) groups is 1. The number of amides is 1. The van der Waals surface area contributed by atoms with Crippen molar-refractivity contribution in [1.82, 2.24) is 4.90 Å². The number of hydrogen-bond acceptors (Lipinski definition) is 3. The van der Waals surface area contributed by atoms with Crippen LogP contribution >= 0.6 is 27.3 Å². The second kappa shape index (κ2) is 5.99. The number of nitrogens with zero attached hydrogens (tertiary/aromatic N) is 1. The van der Waals surface area contributed by atoms with Crippen LogP contribution < -0.4 is 0 Å². The molecule has 1 fully saturated rings. The molecule has 0 radical (unpaired) electrons. The molecule has 0 aromatic carbocycles. The van der Waals surface area contributed by atoms with Gasteiger partial charge in [-0.05, 0) is 52.9 Å². The van der Waals surface area contributed by atoms with E-state index in [0.29, 0.717) is 5.92 Å². The second-order valence-corrected chi connectivity index (χ2v) is 7.18. The molecule has 2 rings (SSSR count). The smallest absolute Gasteiger partial charge is 0.246 e. The Morgan fingerprint density at radius 3 is 2.89 bits per heavy atom. The Kier molecular flexibility index (Phi) is 4.59. The summed E-state index contributed by atoms with van der Waals surface area (Å²) in [5.74, 6) is 0.471. The minimum Gasteiger partial charge on any atom is -0.393 e. The number of aliphatic hydroxyl groups is 1. The van der Waals surface area contributed by atoms with Crippen LogP contribution in [0.5, 0.6) is 0 Å². The molecular formula is C13H16BrNO2S. The third kappa shape index (κ3) is 3.67. The Labute approximate surface area is 119 Å².